The smallest absolute Gasteiger partial charge is 0.414 e. The average Bonchev–Trinajstić information content (AvgIpc) is 2.98. The van der Waals surface area contributed by atoms with Gasteiger partial charge in [-0.3, -0.25) is 4.79 Å². The van der Waals surface area contributed by atoms with Crippen LogP contribution in [0.5, 0.6) is 0 Å². The van der Waals surface area contributed by atoms with Crippen LogP contribution in [0.25, 0.3) is 21.7 Å². The maximum atomic E-state index is 15.7. The van der Waals surface area contributed by atoms with E-state index in [-0.39, 0.29) is 17.2 Å². The Hall–Kier alpha value is -3.61. The van der Waals surface area contributed by atoms with E-state index in [1.165, 1.54) is 0 Å². The van der Waals surface area contributed by atoms with Crippen LogP contribution in [0.4, 0.5) is 14.4 Å². The fourth-order valence-electron chi connectivity index (χ4n) is 4.22. The Bertz CT molecular complexity index is 1380. The van der Waals surface area contributed by atoms with E-state index in [1.807, 2.05) is 24.3 Å². The van der Waals surface area contributed by atoms with Gasteiger partial charge >= 0.3 is 6.97 Å². The van der Waals surface area contributed by atoms with Gasteiger partial charge in [0.25, 0.3) is 5.82 Å². The number of benzene rings is 3. The minimum Gasteiger partial charge on any atom is -0.414 e. The first-order chi connectivity index (χ1) is 13.6. The summed E-state index contributed by atoms with van der Waals surface area (Å²) in [5.41, 5.74) is 1.06. The zero-order valence-corrected chi connectivity index (χ0v) is 14.5. The van der Waals surface area contributed by atoms with Crippen molar-refractivity contribution in [1.82, 2.24) is 4.81 Å². The fraction of sp³-hybridized carbons (Fsp3) is 0. The molecule has 0 N–H and O–H groups in total. The van der Waals surface area contributed by atoms with Crippen molar-refractivity contribution in [3.8, 4) is 0 Å². The fourth-order valence-corrected chi connectivity index (χ4v) is 4.22. The Morgan fingerprint density at radius 1 is 0.821 bits per heavy atom. The second kappa shape index (κ2) is 5.01. The summed E-state index contributed by atoms with van der Waals surface area (Å²) >= 11 is 0. The lowest BCUT2D eigenvalue weighted by Crippen LogP contribution is -2.72. The Labute approximate surface area is 158 Å². The predicted molar refractivity (Wildman–Crippen MR) is 104 cm³/mol. The molecule has 4 nitrogen and oxygen atoms in total. The van der Waals surface area contributed by atoms with Crippen LogP contribution in [-0.4, -0.2) is 23.5 Å². The summed E-state index contributed by atoms with van der Waals surface area (Å²) in [5.74, 6) is -0.551. The predicted octanol–water partition coefficient (Wildman–Crippen LogP) is 4.05. The van der Waals surface area contributed by atoms with Crippen molar-refractivity contribution in [3.05, 3.63) is 83.9 Å². The number of amides is 1. The van der Waals surface area contributed by atoms with Gasteiger partial charge in [0.15, 0.2) is 0 Å². The molecule has 4 aromatic rings. The van der Waals surface area contributed by atoms with E-state index >= 15 is 8.63 Å². The third-order valence-corrected chi connectivity index (χ3v) is 5.50. The van der Waals surface area contributed by atoms with E-state index in [2.05, 4.69) is 4.99 Å². The molecule has 0 radical (unpaired) electrons. The Balaban J connectivity index is 1.69. The van der Waals surface area contributed by atoms with Gasteiger partial charge in [-0.2, -0.15) is 0 Å². The molecule has 0 saturated heterocycles. The number of aromatic nitrogens is 1. The van der Waals surface area contributed by atoms with Gasteiger partial charge in [0, 0.05) is 11.5 Å². The van der Waals surface area contributed by atoms with Crippen LogP contribution < -0.4 is 4.48 Å². The van der Waals surface area contributed by atoms with Crippen LogP contribution in [0.15, 0.2) is 77.8 Å². The number of hydrogen-bond acceptors (Lipinski definition) is 2. The molecule has 7 heteroatoms. The zero-order valence-electron chi connectivity index (χ0n) is 14.5. The van der Waals surface area contributed by atoms with Crippen LogP contribution in [0.3, 0.4) is 0 Å². The number of rotatable bonds is 0. The molecule has 3 aromatic carbocycles. The number of pyridine rings is 1. The van der Waals surface area contributed by atoms with E-state index in [1.54, 1.807) is 48.5 Å². The van der Waals surface area contributed by atoms with Crippen molar-refractivity contribution in [1.29, 1.82) is 0 Å². The molecule has 6 rings (SSSR count). The van der Waals surface area contributed by atoms with Crippen LogP contribution in [0.1, 0.15) is 15.9 Å². The number of halogens is 2. The quantitative estimate of drug-likeness (QED) is 0.430. The molecule has 134 valence electrons. The maximum Gasteiger partial charge on any atom is 0.644 e. The van der Waals surface area contributed by atoms with Crippen LogP contribution in [-0.2, 0) is 0 Å². The number of para-hydroxylation sites is 1. The van der Waals surface area contributed by atoms with Gasteiger partial charge in [0.05, 0.1) is 16.6 Å². The highest BCUT2D eigenvalue weighted by Crippen LogP contribution is 2.36. The summed E-state index contributed by atoms with van der Waals surface area (Å²) in [6.07, 6.45) is 0. The highest BCUT2D eigenvalue weighted by atomic mass is 19.2. The molecular weight excluding hydrogens is 359 g/mol. The van der Waals surface area contributed by atoms with Gasteiger partial charge in [0.1, 0.15) is 0 Å². The summed E-state index contributed by atoms with van der Waals surface area (Å²) in [4.78, 5) is 18.0. The molecule has 2 aliphatic heterocycles. The first-order valence-corrected chi connectivity index (χ1v) is 8.97. The van der Waals surface area contributed by atoms with E-state index < -0.39 is 12.9 Å². The molecule has 0 unspecified atom stereocenters. The van der Waals surface area contributed by atoms with Gasteiger partial charge < -0.3 is 17.9 Å². The number of amidine groups is 1. The number of hydrogen-bond donors (Lipinski definition) is 0. The van der Waals surface area contributed by atoms with Crippen LogP contribution in [0, 0.1) is 0 Å². The van der Waals surface area contributed by atoms with Crippen molar-refractivity contribution in [2.24, 2.45) is 4.99 Å². The summed E-state index contributed by atoms with van der Waals surface area (Å²) in [6, 6.07) is 21.2. The van der Waals surface area contributed by atoms with Gasteiger partial charge in [-0.1, -0.05) is 42.5 Å². The van der Waals surface area contributed by atoms with Gasteiger partial charge in [-0.05, 0) is 40.0 Å². The summed E-state index contributed by atoms with van der Waals surface area (Å²) in [6.45, 7) is -4.38. The second-order valence-corrected chi connectivity index (χ2v) is 7.06. The van der Waals surface area contributed by atoms with Crippen molar-refractivity contribution in [3.63, 3.8) is 0 Å². The molecule has 0 aliphatic carbocycles. The summed E-state index contributed by atoms with van der Waals surface area (Å²) < 4.78 is 32.3. The average molecular weight is 371 g/mol. The number of aliphatic imine (C=N–C) groups is 1. The van der Waals surface area contributed by atoms with Gasteiger partial charge in [0.2, 0.25) is 11.7 Å². The lowest BCUT2D eigenvalue weighted by Gasteiger charge is -2.34. The Kier molecular flexibility index (Phi) is 2.76. The second-order valence-electron chi connectivity index (χ2n) is 7.06. The van der Waals surface area contributed by atoms with E-state index in [0.717, 1.165) is 15.3 Å². The molecule has 1 aromatic heterocycles. The summed E-state index contributed by atoms with van der Waals surface area (Å²) in [5, 5.41) is 2.38. The lowest BCUT2D eigenvalue weighted by atomic mass is 9.90. The van der Waals surface area contributed by atoms with E-state index in [0.29, 0.717) is 21.3 Å². The third-order valence-electron chi connectivity index (χ3n) is 5.50. The molecular formula is C21H12BF2N3O. The highest BCUT2D eigenvalue weighted by molar-refractivity contribution is 6.64. The minimum absolute atomic E-state index is 0.0195. The number of nitrogens with zero attached hydrogens (tertiary/aromatic N) is 3. The SMILES string of the molecule is O=C1c2cc3ccccc3cc2C2=Nc3ccc4ccccc4[n+]3[B-](F)(F)N12. The van der Waals surface area contributed by atoms with Crippen molar-refractivity contribution >= 4 is 46.2 Å². The van der Waals surface area contributed by atoms with E-state index in [4.69, 9.17) is 0 Å². The standard InChI is InChI=1S/C21H12BF2N3O/c23-22(24)26-18-8-4-3-5-13(18)9-10-19(26)25-20-16-11-14-6-1-2-7-15(14)12-17(16)21(28)27(20)22/h1-12H. The number of carbonyl (C=O) groups is 1. The molecule has 0 spiro atoms. The van der Waals surface area contributed by atoms with E-state index in [9.17, 15) is 4.79 Å². The lowest BCUT2D eigenvalue weighted by molar-refractivity contribution is -0.531. The monoisotopic (exact) mass is 371 g/mol. The van der Waals surface area contributed by atoms with Gasteiger partial charge in [-0.25, -0.2) is 0 Å². The topological polar surface area (TPSA) is 36.6 Å². The molecule has 3 heterocycles. The molecule has 0 bridgehead atoms. The molecule has 2 aliphatic rings. The first kappa shape index (κ1) is 15.5. The first-order valence-electron chi connectivity index (χ1n) is 8.97. The third kappa shape index (κ3) is 1.80. The van der Waals surface area contributed by atoms with Crippen molar-refractivity contribution < 1.29 is 17.9 Å². The van der Waals surface area contributed by atoms with Crippen molar-refractivity contribution in [2.75, 3.05) is 0 Å². The highest BCUT2D eigenvalue weighted by Gasteiger charge is 2.57. The molecule has 0 atom stereocenters. The molecule has 1 amide bonds. The molecule has 0 fully saturated rings. The molecule has 0 saturated carbocycles. The number of carbonyl (C=O) groups excluding carboxylic acids is 1. The zero-order chi connectivity index (χ0) is 19.0. The number of fused-ring (bicyclic) bond motifs is 7. The van der Waals surface area contributed by atoms with Gasteiger partial charge in [-0.15, -0.1) is 0 Å². The Morgan fingerprint density at radius 3 is 2.21 bits per heavy atom. The van der Waals surface area contributed by atoms with Crippen LogP contribution in [0.2, 0.25) is 0 Å². The molecule has 28 heavy (non-hydrogen) atoms. The van der Waals surface area contributed by atoms with Crippen molar-refractivity contribution in [2.45, 2.75) is 0 Å². The summed E-state index contributed by atoms with van der Waals surface area (Å²) in [7, 11) is 0. The van der Waals surface area contributed by atoms with Crippen LogP contribution >= 0.6 is 0 Å². The maximum absolute atomic E-state index is 15.7. The Morgan fingerprint density at radius 2 is 1.46 bits per heavy atom. The largest absolute Gasteiger partial charge is 0.644 e. The normalized spacial score (nSPS) is 16.7. The minimum atomic E-state index is -4.38.